The number of benzene rings is 1. The second-order valence-corrected chi connectivity index (χ2v) is 5.72. The van der Waals surface area contributed by atoms with Crippen molar-refractivity contribution in [3.05, 3.63) is 51.7 Å². The molecule has 2 aromatic rings. The predicted octanol–water partition coefficient (Wildman–Crippen LogP) is 1.42. The van der Waals surface area contributed by atoms with Gasteiger partial charge in [0.05, 0.1) is 6.04 Å². The lowest BCUT2D eigenvalue weighted by molar-refractivity contribution is -0.132. The first-order chi connectivity index (χ1) is 10.3. The van der Waals surface area contributed by atoms with Gasteiger partial charge in [-0.05, 0) is 31.9 Å². The van der Waals surface area contributed by atoms with Crippen LogP contribution >= 0.6 is 0 Å². The number of aryl methyl sites for hydroxylation is 3. The van der Waals surface area contributed by atoms with E-state index in [0.29, 0.717) is 0 Å². The highest BCUT2D eigenvalue weighted by atomic mass is 16.2. The van der Waals surface area contributed by atoms with E-state index in [4.69, 9.17) is 0 Å². The molecule has 0 saturated heterocycles. The maximum Gasteiger partial charge on any atom is 0.345 e. The minimum atomic E-state index is -0.291. The Hall–Kier alpha value is -2.37. The molecule has 0 fully saturated rings. The number of amides is 1. The lowest BCUT2D eigenvalue weighted by Gasteiger charge is -2.26. The quantitative estimate of drug-likeness (QED) is 0.858. The third kappa shape index (κ3) is 3.10. The van der Waals surface area contributed by atoms with Gasteiger partial charge >= 0.3 is 5.69 Å². The molecule has 0 aliphatic heterocycles. The van der Waals surface area contributed by atoms with Crippen molar-refractivity contribution in [2.45, 2.75) is 33.4 Å². The van der Waals surface area contributed by atoms with Gasteiger partial charge < -0.3 is 4.90 Å². The second-order valence-electron chi connectivity index (χ2n) is 5.72. The number of aromatic nitrogens is 3. The van der Waals surface area contributed by atoms with E-state index in [1.54, 1.807) is 19.0 Å². The Bertz CT molecular complexity index is 745. The summed E-state index contributed by atoms with van der Waals surface area (Å²) >= 11 is 0. The van der Waals surface area contributed by atoms with E-state index < -0.39 is 0 Å². The van der Waals surface area contributed by atoms with Gasteiger partial charge in [0.2, 0.25) is 5.91 Å². The summed E-state index contributed by atoms with van der Waals surface area (Å²) < 4.78 is 2.52. The van der Waals surface area contributed by atoms with Crippen LogP contribution in [0.2, 0.25) is 0 Å². The van der Waals surface area contributed by atoms with Gasteiger partial charge in [-0.15, -0.1) is 0 Å². The van der Waals surface area contributed by atoms with E-state index in [1.807, 2.05) is 20.8 Å². The average Bonchev–Trinajstić information content (AvgIpc) is 2.80. The normalized spacial score (nSPS) is 12.2. The van der Waals surface area contributed by atoms with Gasteiger partial charge in [0, 0.05) is 14.1 Å². The smallest absolute Gasteiger partial charge is 0.337 e. The number of hydrogen-bond acceptors (Lipinski definition) is 3. The summed E-state index contributed by atoms with van der Waals surface area (Å²) in [6, 6.07) is 6.15. The van der Waals surface area contributed by atoms with Crippen molar-refractivity contribution in [2.24, 2.45) is 7.05 Å². The summed E-state index contributed by atoms with van der Waals surface area (Å²) in [5.41, 5.74) is 3.13. The fourth-order valence-electron chi connectivity index (χ4n) is 2.40. The van der Waals surface area contributed by atoms with Crippen LogP contribution in [0, 0.1) is 13.8 Å². The van der Waals surface area contributed by atoms with Crippen molar-refractivity contribution in [3.63, 3.8) is 0 Å². The molecule has 0 radical (unpaired) electrons. The molecule has 0 unspecified atom stereocenters. The van der Waals surface area contributed by atoms with Crippen LogP contribution in [-0.2, 0) is 18.4 Å². The van der Waals surface area contributed by atoms with Crippen LogP contribution in [-0.4, -0.2) is 32.2 Å². The summed E-state index contributed by atoms with van der Waals surface area (Å²) in [7, 11) is 3.36. The third-order valence-electron chi connectivity index (χ3n) is 4.03. The van der Waals surface area contributed by atoms with Crippen molar-refractivity contribution in [1.29, 1.82) is 0 Å². The Balaban J connectivity index is 2.18. The van der Waals surface area contributed by atoms with Crippen LogP contribution in [0.15, 0.2) is 29.3 Å². The molecule has 0 aliphatic rings. The molecule has 2 rings (SSSR count). The monoisotopic (exact) mass is 302 g/mol. The maximum atomic E-state index is 12.4. The molecule has 0 saturated carbocycles. The van der Waals surface area contributed by atoms with Gasteiger partial charge in [-0.3, -0.25) is 9.36 Å². The zero-order valence-electron chi connectivity index (χ0n) is 13.7. The van der Waals surface area contributed by atoms with E-state index in [2.05, 4.69) is 23.3 Å². The summed E-state index contributed by atoms with van der Waals surface area (Å²) in [5.74, 6) is -0.144. The first kappa shape index (κ1) is 16.0. The summed E-state index contributed by atoms with van der Waals surface area (Å²) in [6.07, 6.45) is 1.41. The SMILES string of the molecule is Cc1ccc(C)c([C@H](C)N(C)C(=O)Cn2ncn(C)c2=O)c1. The topological polar surface area (TPSA) is 60.1 Å². The summed E-state index contributed by atoms with van der Waals surface area (Å²) in [5, 5.41) is 3.92. The second kappa shape index (κ2) is 6.17. The molecule has 1 amide bonds. The fourth-order valence-corrected chi connectivity index (χ4v) is 2.40. The average molecular weight is 302 g/mol. The largest absolute Gasteiger partial charge is 0.345 e. The molecule has 0 aliphatic carbocycles. The molecule has 22 heavy (non-hydrogen) atoms. The molecule has 1 aromatic heterocycles. The number of rotatable bonds is 4. The van der Waals surface area contributed by atoms with Gasteiger partial charge in [-0.1, -0.05) is 23.8 Å². The highest BCUT2D eigenvalue weighted by Crippen LogP contribution is 2.23. The maximum absolute atomic E-state index is 12.4. The van der Waals surface area contributed by atoms with Crippen LogP contribution in [0.3, 0.4) is 0 Å². The van der Waals surface area contributed by atoms with Crippen LogP contribution in [0.4, 0.5) is 0 Å². The predicted molar refractivity (Wildman–Crippen MR) is 84.6 cm³/mol. The lowest BCUT2D eigenvalue weighted by atomic mass is 9.99. The molecule has 6 heteroatoms. The van der Waals surface area contributed by atoms with Crippen LogP contribution in [0.1, 0.15) is 29.7 Å². The van der Waals surface area contributed by atoms with Crippen LogP contribution in [0.5, 0.6) is 0 Å². The van der Waals surface area contributed by atoms with Gasteiger partial charge in [0.15, 0.2) is 0 Å². The van der Waals surface area contributed by atoms with Crippen molar-refractivity contribution in [1.82, 2.24) is 19.2 Å². The van der Waals surface area contributed by atoms with Gasteiger partial charge in [-0.2, -0.15) is 5.10 Å². The highest BCUT2D eigenvalue weighted by molar-refractivity contribution is 5.76. The van der Waals surface area contributed by atoms with Crippen molar-refractivity contribution in [2.75, 3.05) is 7.05 Å². The molecule has 0 spiro atoms. The minimum absolute atomic E-state index is 0.0502. The van der Waals surface area contributed by atoms with Crippen LogP contribution in [0.25, 0.3) is 0 Å². The van der Waals surface area contributed by atoms with Gasteiger partial charge in [0.25, 0.3) is 0 Å². The first-order valence-electron chi connectivity index (χ1n) is 7.22. The fraction of sp³-hybridized carbons (Fsp3) is 0.438. The standard InChI is InChI=1S/C16H22N4O2/c1-11-6-7-12(2)14(8-11)13(3)19(5)15(21)9-20-16(22)18(4)10-17-20/h6-8,10,13H,9H2,1-5H3/t13-/m0/s1. The van der Waals surface area contributed by atoms with Gasteiger partial charge in [0.1, 0.15) is 12.9 Å². The molecule has 0 bridgehead atoms. The minimum Gasteiger partial charge on any atom is -0.337 e. The molecule has 118 valence electrons. The molecular weight excluding hydrogens is 280 g/mol. The van der Waals surface area contributed by atoms with Crippen molar-refractivity contribution < 1.29 is 4.79 Å². The third-order valence-corrected chi connectivity index (χ3v) is 4.03. The molecule has 1 heterocycles. The van der Waals surface area contributed by atoms with Crippen molar-refractivity contribution in [3.8, 4) is 0 Å². The summed E-state index contributed by atoms with van der Waals surface area (Å²) in [6.45, 7) is 6.00. The number of hydrogen-bond donors (Lipinski definition) is 0. The first-order valence-corrected chi connectivity index (χ1v) is 7.22. The molecular formula is C16H22N4O2. The van der Waals surface area contributed by atoms with E-state index in [1.165, 1.54) is 15.6 Å². The Labute approximate surface area is 130 Å². The van der Waals surface area contributed by atoms with Crippen LogP contribution < -0.4 is 5.69 Å². The lowest BCUT2D eigenvalue weighted by Crippen LogP contribution is -2.36. The van der Waals surface area contributed by atoms with E-state index in [0.717, 1.165) is 16.7 Å². The Morgan fingerprint density at radius 3 is 2.64 bits per heavy atom. The van der Waals surface area contributed by atoms with E-state index in [9.17, 15) is 9.59 Å². The Morgan fingerprint density at radius 2 is 2.05 bits per heavy atom. The number of carbonyl (C=O) groups is 1. The number of likely N-dealkylation sites (N-methyl/N-ethyl adjacent to an activating group) is 1. The van der Waals surface area contributed by atoms with Crippen molar-refractivity contribution >= 4 is 5.91 Å². The number of carbonyl (C=O) groups excluding carboxylic acids is 1. The Morgan fingerprint density at radius 1 is 1.36 bits per heavy atom. The number of nitrogens with zero attached hydrogens (tertiary/aromatic N) is 4. The molecule has 6 nitrogen and oxygen atoms in total. The van der Waals surface area contributed by atoms with E-state index >= 15 is 0 Å². The molecule has 0 N–H and O–H groups in total. The zero-order chi connectivity index (χ0) is 16.4. The molecule has 1 aromatic carbocycles. The molecule has 1 atom stereocenters. The van der Waals surface area contributed by atoms with E-state index in [-0.39, 0.29) is 24.2 Å². The zero-order valence-corrected chi connectivity index (χ0v) is 13.7. The highest BCUT2D eigenvalue weighted by Gasteiger charge is 2.20. The van der Waals surface area contributed by atoms with Gasteiger partial charge in [-0.25, -0.2) is 9.48 Å². The summed E-state index contributed by atoms with van der Waals surface area (Å²) in [4.78, 5) is 25.8. The Kier molecular flexibility index (Phi) is 4.49.